The van der Waals surface area contributed by atoms with Crippen LogP contribution in [0.5, 0.6) is 0 Å². The van der Waals surface area contributed by atoms with E-state index in [0.717, 1.165) is 24.1 Å². The molecule has 3 heteroatoms. The minimum atomic E-state index is 0.00461. The van der Waals surface area contributed by atoms with Gasteiger partial charge in [0.2, 0.25) is 5.91 Å². The first-order valence-electron chi connectivity index (χ1n) is 6.16. The van der Waals surface area contributed by atoms with Crippen LogP contribution in [0.15, 0.2) is 29.4 Å². The van der Waals surface area contributed by atoms with Crippen molar-refractivity contribution in [2.24, 2.45) is 5.10 Å². The number of rotatable bonds is 3. The van der Waals surface area contributed by atoms with Crippen LogP contribution in [0.3, 0.4) is 0 Å². The second-order valence-electron chi connectivity index (χ2n) is 4.52. The average Bonchev–Trinajstić information content (AvgIpc) is 2.39. The molecular formula is C14H18N2O. The van der Waals surface area contributed by atoms with Gasteiger partial charge in [-0.25, -0.2) is 5.43 Å². The van der Waals surface area contributed by atoms with E-state index in [1.165, 1.54) is 5.56 Å². The van der Waals surface area contributed by atoms with Crippen LogP contribution in [0.4, 0.5) is 0 Å². The number of carbonyl (C=O) groups is 1. The van der Waals surface area contributed by atoms with Crippen molar-refractivity contribution in [2.75, 3.05) is 0 Å². The van der Waals surface area contributed by atoms with E-state index in [9.17, 15) is 4.79 Å². The third-order valence-electron chi connectivity index (χ3n) is 3.33. The summed E-state index contributed by atoms with van der Waals surface area (Å²) in [5, 5.41) is 4.09. The predicted octanol–water partition coefficient (Wildman–Crippen LogP) is 2.81. The standard InChI is InChI=1S/C14H18N2O/c1-3-10(2)11-4-6-12(7-5-11)13-8-9-14(17)16-15-13/h4-7,10H,3,8-9H2,1-2H3,(H,16,17). The Hall–Kier alpha value is -1.64. The maximum Gasteiger partial charge on any atom is 0.240 e. The highest BCUT2D eigenvalue weighted by molar-refractivity contribution is 6.04. The first-order chi connectivity index (χ1) is 8.20. The fraction of sp³-hybridized carbons (Fsp3) is 0.429. The number of nitrogens with one attached hydrogen (secondary N) is 1. The van der Waals surface area contributed by atoms with Gasteiger partial charge in [-0.05, 0) is 23.5 Å². The molecule has 0 saturated carbocycles. The van der Waals surface area contributed by atoms with E-state index in [1.54, 1.807) is 0 Å². The van der Waals surface area contributed by atoms with Gasteiger partial charge in [-0.3, -0.25) is 4.79 Å². The van der Waals surface area contributed by atoms with Gasteiger partial charge in [0, 0.05) is 12.8 Å². The Balaban J connectivity index is 2.15. The van der Waals surface area contributed by atoms with Gasteiger partial charge < -0.3 is 0 Å². The lowest BCUT2D eigenvalue weighted by atomic mass is 9.96. The quantitative estimate of drug-likeness (QED) is 0.852. The van der Waals surface area contributed by atoms with Crippen LogP contribution in [0.25, 0.3) is 0 Å². The van der Waals surface area contributed by atoms with Crippen molar-refractivity contribution in [3.05, 3.63) is 35.4 Å². The Morgan fingerprint density at radius 1 is 1.29 bits per heavy atom. The molecule has 1 aromatic rings. The van der Waals surface area contributed by atoms with Gasteiger partial charge in [-0.1, -0.05) is 38.1 Å². The Kier molecular flexibility index (Phi) is 3.57. The number of hydrogen-bond acceptors (Lipinski definition) is 2. The molecule has 2 rings (SSSR count). The van der Waals surface area contributed by atoms with Gasteiger partial charge in [0.25, 0.3) is 0 Å². The van der Waals surface area contributed by atoms with E-state index < -0.39 is 0 Å². The van der Waals surface area contributed by atoms with E-state index in [4.69, 9.17) is 0 Å². The van der Waals surface area contributed by atoms with Crippen molar-refractivity contribution < 1.29 is 4.79 Å². The van der Waals surface area contributed by atoms with Crippen molar-refractivity contribution in [3.8, 4) is 0 Å². The molecule has 1 aliphatic rings. The number of carbonyl (C=O) groups excluding carboxylic acids is 1. The molecule has 0 aromatic heterocycles. The molecule has 1 N–H and O–H groups in total. The van der Waals surface area contributed by atoms with E-state index >= 15 is 0 Å². The number of benzene rings is 1. The lowest BCUT2D eigenvalue weighted by Crippen LogP contribution is -2.25. The van der Waals surface area contributed by atoms with Gasteiger partial charge >= 0.3 is 0 Å². The summed E-state index contributed by atoms with van der Waals surface area (Å²) in [5.41, 5.74) is 5.97. The minimum absolute atomic E-state index is 0.00461. The Bertz CT molecular complexity index is 434. The van der Waals surface area contributed by atoms with Gasteiger partial charge in [0.15, 0.2) is 0 Å². The molecule has 17 heavy (non-hydrogen) atoms. The number of hydrazone groups is 1. The monoisotopic (exact) mass is 230 g/mol. The number of amides is 1. The summed E-state index contributed by atoms with van der Waals surface area (Å²) in [6.45, 7) is 4.42. The van der Waals surface area contributed by atoms with Crippen molar-refractivity contribution >= 4 is 11.6 Å². The van der Waals surface area contributed by atoms with Crippen molar-refractivity contribution in [1.82, 2.24) is 5.43 Å². The van der Waals surface area contributed by atoms with E-state index in [-0.39, 0.29) is 5.91 Å². The second kappa shape index (κ2) is 5.13. The predicted molar refractivity (Wildman–Crippen MR) is 69.1 cm³/mol. The normalized spacial score (nSPS) is 17.3. The van der Waals surface area contributed by atoms with Crippen molar-refractivity contribution in [1.29, 1.82) is 0 Å². The van der Waals surface area contributed by atoms with Crippen LogP contribution < -0.4 is 5.43 Å². The van der Waals surface area contributed by atoms with Crippen LogP contribution in [-0.2, 0) is 4.79 Å². The zero-order chi connectivity index (χ0) is 12.3. The average molecular weight is 230 g/mol. The van der Waals surface area contributed by atoms with Crippen molar-refractivity contribution in [2.45, 2.75) is 39.0 Å². The zero-order valence-electron chi connectivity index (χ0n) is 10.4. The molecule has 1 aromatic carbocycles. The molecular weight excluding hydrogens is 212 g/mol. The third-order valence-corrected chi connectivity index (χ3v) is 3.33. The summed E-state index contributed by atoms with van der Waals surface area (Å²) < 4.78 is 0. The maximum atomic E-state index is 11.0. The Morgan fingerprint density at radius 2 is 2.00 bits per heavy atom. The number of hydrogen-bond donors (Lipinski definition) is 1. The first-order valence-corrected chi connectivity index (χ1v) is 6.16. The SMILES string of the molecule is CCC(C)c1ccc(C2=NNC(=O)CC2)cc1. The lowest BCUT2D eigenvalue weighted by molar-refractivity contribution is -0.121. The van der Waals surface area contributed by atoms with E-state index in [2.05, 4.69) is 48.6 Å². The highest BCUT2D eigenvalue weighted by atomic mass is 16.2. The highest BCUT2D eigenvalue weighted by Gasteiger charge is 2.13. The van der Waals surface area contributed by atoms with Crippen molar-refractivity contribution in [3.63, 3.8) is 0 Å². The molecule has 90 valence electrons. The van der Waals surface area contributed by atoms with Crippen LogP contribution >= 0.6 is 0 Å². The molecule has 0 fully saturated rings. The molecule has 1 heterocycles. The minimum Gasteiger partial charge on any atom is -0.273 e. The topological polar surface area (TPSA) is 41.5 Å². The number of nitrogens with zero attached hydrogens (tertiary/aromatic N) is 1. The molecule has 0 spiro atoms. The largest absolute Gasteiger partial charge is 0.273 e. The first kappa shape index (κ1) is 11.8. The van der Waals surface area contributed by atoms with Crippen LogP contribution in [0.2, 0.25) is 0 Å². The summed E-state index contributed by atoms with van der Waals surface area (Å²) in [5.74, 6) is 0.599. The van der Waals surface area contributed by atoms with Gasteiger partial charge in [-0.15, -0.1) is 0 Å². The maximum absolute atomic E-state index is 11.0. The van der Waals surface area contributed by atoms with E-state index in [0.29, 0.717) is 12.3 Å². The summed E-state index contributed by atoms with van der Waals surface area (Å²) in [7, 11) is 0. The molecule has 0 radical (unpaired) electrons. The zero-order valence-corrected chi connectivity index (χ0v) is 10.4. The molecule has 0 saturated heterocycles. The Labute approximate surface area is 102 Å². The van der Waals surface area contributed by atoms with Gasteiger partial charge in [0.05, 0.1) is 5.71 Å². The smallest absolute Gasteiger partial charge is 0.240 e. The lowest BCUT2D eigenvalue weighted by Gasteiger charge is -2.13. The van der Waals surface area contributed by atoms with Crippen LogP contribution in [0, 0.1) is 0 Å². The summed E-state index contributed by atoms with van der Waals surface area (Å²) in [6, 6.07) is 8.50. The molecule has 1 aliphatic heterocycles. The summed E-state index contributed by atoms with van der Waals surface area (Å²) in [6.07, 6.45) is 2.41. The second-order valence-corrected chi connectivity index (χ2v) is 4.52. The fourth-order valence-electron chi connectivity index (χ4n) is 1.92. The van der Waals surface area contributed by atoms with Crippen LogP contribution in [0.1, 0.15) is 50.2 Å². The van der Waals surface area contributed by atoms with Crippen LogP contribution in [-0.4, -0.2) is 11.6 Å². The molecule has 3 nitrogen and oxygen atoms in total. The molecule has 0 bridgehead atoms. The highest BCUT2D eigenvalue weighted by Crippen LogP contribution is 2.20. The van der Waals surface area contributed by atoms with E-state index in [1.807, 2.05) is 0 Å². The summed E-state index contributed by atoms with van der Waals surface area (Å²) >= 11 is 0. The molecule has 0 aliphatic carbocycles. The van der Waals surface area contributed by atoms with Gasteiger partial charge in [0.1, 0.15) is 0 Å². The summed E-state index contributed by atoms with van der Waals surface area (Å²) in [4.78, 5) is 11.0. The Morgan fingerprint density at radius 3 is 2.53 bits per heavy atom. The third kappa shape index (κ3) is 2.73. The fourth-order valence-corrected chi connectivity index (χ4v) is 1.92. The van der Waals surface area contributed by atoms with Gasteiger partial charge in [-0.2, -0.15) is 5.10 Å². The molecule has 1 amide bonds. The molecule has 1 atom stereocenters. The molecule has 1 unspecified atom stereocenters.